The lowest BCUT2D eigenvalue weighted by molar-refractivity contribution is -0.139. The standard InChI is InChI=1S/C32H40FIN2O7/c1-42-28-15-22(19-38)14-25(34)31(28)43-27-17-23(32(41)35-12-13-37)16-26(30(27)40)36(18-21-6-9-24(33)10-7-21)29(39)11-8-20-4-2-3-5-20/h6-7,9-10,14-15,17,20,26-27,30,37-38,40H,2-5,8,11-13,16,18-19H2,1H3,(H,35,41)/t26-,27+,30+/m1/s1. The molecule has 0 unspecified atom stereocenters. The van der Waals surface area contributed by atoms with Crippen LogP contribution in [0.15, 0.2) is 48.0 Å². The van der Waals surface area contributed by atoms with Crippen LogP contribution < -0.4 is 14.8 Å². The fourth-order valence-corrected chi connectivity index (χ4v) is 6.63. The van der Waals surface area contributed by atoms with Crippen LogP contribution in [-0.4, -0.2) is 70.5 Å². The first-order chi connectivity index (χ1) is 20.7. The highest BCUT2D eigenvalue weighted by molar-refractivity contribution is 14.1. The second-order valence-corrected chi connectivity index (χ2v) is 12.3. The molecule has 1 fully saturated rings. The number of aliphatic hydroxyl groups is 3. The van der Waals surface area contributed by atoms with Gasteiger partial charge in [0.1, 0.15) is 18.0 Å². The van der Waals surface area contributed by atoms with Gasteiger partial charge in [0.25, 0.3) is 0 Å². The topological polar surface area (TPSA) is 129 Å². The maximum atomic E-state index is 13.9. The first-order valence-corrected chi connectivity index (χ1v) is 15.8. The van der Waals surface area contributed by atoms with Gasteiger partial charge in [-0.1, -0.05) is 37.8 Å². The molecule has 3 atom stereocenters. The fourth-order valence-electron chi connectivity index (χ4n) is 5.84. The predicted octanol–water partition coefficient (Wildman–Crippen LogP) is 3.85. The van der Waals surface area contributed by atoms with E-state index in [2.05, 4.69) is 27.9 Å². The molecule has 0 spiro atoms. The lowest BCUT2D eigenvalue weighted by Crippen LogP contribution is -2.54. The smallest absolute Gasteiger partial charge is 0.247 e. The Morgan fingerprint density at radius 1 is 1.12 bits per heavy atom. The average Bonchev–Trinajstić information content (AvgIpc) is 3.54. The van der Waals surface area contributed by atoms with Crippen LogP contribution in [0.4, 0.5) is 4.39 Å². The van der Waals surface area contributed by atoms with Crippen LogP contribution in [0.3, 0.4) is 0 Å². The molecule has 2 aromatic carbocycles. The molecule has 0 radical (unpaired) electrons. The van der Waals surface area contributed by atoms with Crippen molar-refractivity contribution >= 4 is 34.4 Å². The number of methoxy groups -OCH3 is 1. The summed E-state index contributed by atoms with van der Waals surface area (Å²) in [4.78, 5) is 28.6. The molecule has 0 heterocycles. The number of benzene rings is 2. The number of carbonyl (C=O) groups is 2. The number of halogens is 2. The quantitative estimate of drug-likeness (QED) is 0.233. The van der Waals surface area contributed by atoms with Gasteiger partial charge in [0, 0.05) is 31.5 Å². The van der Waals surface area contributed by atoms with E-state index in [1.165, 1.54) is 19.2 Å². The summed E-state index contributed by atoms with van der Waals surface area (Å²) in [6.07, 6.45) is 4.92. The van der Waals surface area contributed by atoms with Crippen LogP contribution in [0, 0.1) is 15.3 Å². The molecule has 43 heavy (non-hydrogen) atoms. The van der Waals surface area contributed by atoms with Gasteiger partial charge in [0.2, 0.25) is 11.8 Å². The molecule has 11 heteroatoms. The van der Waals surface area contributed by atoms with Crippen LogP contribution in [0.5, 0.6) is 11.5 Å². The van der Waals surface area contributed by atoms with Gasteiger partial charge in [-0.25, -0.2) is 4.39 Å². The Kier molecular flexibility index (Phi) is 12.2. The van der Waals surface area contributed by atoms with Crippen molar-refractivity contribution in [3.8, 4) is 11.5 Å². The molecule has 1 saturated carbocycles. The molecule has 4 N–H and O–H groups in total. The minimum Gasteiger partial charge on any atom is -0.493 e. The van der Waals surface area contributed by atoms with E-state index < -0.39 is 30.0 Å². The van der Waals surface area contributed by atoms with Gasteiger partial charge in [0.15, 0.2) is 11.5 Å². The number of ether oxygens (including phenoxy) is 2. The molecular weight excluding hydrogens is 670 g/mol. The average molecular weight is 711 g/mol. The molecule has 2 aliphatic carbocycles. The summed E-state index contributed by atoms with van der Waals surface area (Å²) >= 11 is 2.05. The summed E-state index contributed by atoms with van der Waals surface area (Å²) < 4.78 is 26.2. The van der Waals surface area contributed by atoms with Crippen molar-refractivity contribution in [1.29, 1.82) is 0 Å². The number of nitrogens with one attached hydrogen (secondary N) is 1. The van der Waals surface area contributed by atoms with Gasteiger partial charge in [-0.2, -0.15) is 0 Å². The summed E-state index contributed by atoms with van der Waals surface area (Å²) in [6.45, 7) is -0.274. The van der Waals surface area contributed by atoms with Gasteiger partial charge >= 0.3 is 0 Å². The zero-order chi connectivity index (χ0) is 30.9. The van der Waals surface area contributed by atoms with E-state index in [-0.39, 0.29) is 38.6 Å². The Morgan fingerprint density at radius 2 is 1.84 bits per heavy atom. The van der Waals surface area contributed by atoms with Gasteiger partial charge in [-0.3, -0.25) is 9.59 Å². The van der Waals surface area contributed by atoms with E-state index in [9.17, 15) is 29.3 Å². The van der Waals surface area contributed by atoms with E-state index in [4.69, 9.17) is 9.47 Å². The number of nitrogens with zero attached hydrogens (tertiary/aromatic N) is 1. The van der Waals surface area contributed by atoms with Crippen LogP contribution in [0.1, 0.15) is 56.1 Å². The normalized spacial score (nSPS) is 20.4. The zero-order valence-corrected chi connectivity index (χ0v) is 26.5. The minimum atomic E-state index is -1.22. The van der Waals surface area contributed by atoms with Crippen molar-refractivity contribution in [1.82, 2.24) is 10.2 Å². The van der Waals surface area contributed by atoms with Crippen LogP contribution >= 0.6 is 22.6 Å². The number of hydrogen-bond acceptors (Lipinski definition) is 7. The lowest BCUT2D eigenvalue weighted by atomic mass is 9.87. The molecule has 2 aliphatic rings. The Bertz CT molecular complexity index is 1280. The Labute approximate surface area is 265 Å². The Balaban J connectivity index is 1.68. The number of aliphatic hydroxyl groups excluding tert-OH is 3. The third-order valence-corrected chi connectivity index (χ3v) is 8.97. The summed E-state index contributed by atoms with van der Waals surface area (Å²) in [5.41, 5.74) is 1.62. The van der Waals surface area contributed by atoms with E-state index in [0.29, 0.717) is 44.1 Å². The number of rotatable bonds is 13. The van der Waals surface area contributed by atoms with E-state index >= 15 is 0 Å². The monoisotopic (exact) mass is 710 g/mol. The maximum Gasteiger partial charge on any atom is 0.247 e. The molecule has 0 saturated heterocycles. The summed E-state index contributed by atoms with van der Waals surface area (Å²) in [7, 11) is 1.47. The molecular formula is C32H40FIN2O7. The van der Waals surface area contributed by atoms with E-state index in [0.717, 1.165) is 32.1 Å². The molecule has 9 nitrogen and oxygen atoms in total. The molecule has 0 bridgehead atoms. The summed E-state index contributed by atoms with van der Waals surface area (Å²) in [5.74, 6) is 0.179. The van der Waals surface area contributed by atoms with Crippen molar-refractivity contribution < 1.29 is 38.8 Å². The van der Waals surface area contributed by atoms with Crippen LogP contribution in [-0.2, 0) is 22.7 Å². The number of hydrogen-bond donors (Lipinski definition) is 4. The largest absolute Gasteiger partial charge is 0.493 e. The SMILES string of the molecule is COc1cc(CO)cc(I)c1O[C@H]1C=C(C(=O)NCCO)C[C@@H](N(Cc2ccc(F)cc2)C(=O)CCC2CCCC2)[C@@H]1O. The molecule has 0 aromatic heterocycles. The first-order valence-electron chi connectivity index (χ1n) is 14.7. The highest BCUT2D eigenvalue weighted by Gasteiger charge is 2.41. The van der Waals surface area contributed by atoms with Gasteiger partial charge in [0.05, 0.1) is 29.9 Å². The van der Waals surface area contributed by atoms with Gasteiger partial charge < -0.3 is 35.0 Å². The summed E-state index contributed by atoms with van der Waals surface area (Å²) in [5, 5.41) is 33.3. The van der Waals surface area contributed by atoms with Crippen molar-refractivity contribution in [3.63, 3.8) is 0 Å². The number of carbonyl (C=O) groups excluding carboxylic acids is 2. The highest BCUT2D eigenvalue weighted by Crippen LogP contribution is 2.38. The maximum absolute atomic E-state index is 13.9. The van der Waals surface area contributed by atoms with Gasteiger partial charge in [-0.15, -0.1) is 0 Å². The second-order valence-electron chi connectivity index (χ2n) is 11.1. The van der Waals surface area contributed by atoms with Crippen molar-refractivity contribution in [2.45, 2.75) is 76.3 Å². The predicted molar refractivity (Wildman–Crippen MR) is 167 cm³/mol. The van der Waals surface area contributed by atoms with Crippen LogP contribution in [0.2, 0.25) is 0 Å². The lowest BCUT2D eigenvalue weighted by Gasteiger charge is -2.41. The minimum absolute atomic E-state index is 0.0445. The molecule has 2 aromatic rings. The van der Waals surface area contributed by atoms with Crippen LogP contribution in [0.25, 0.3) is 0 Å². The molecule has 0 aliphatic heterocycles. The highest BCUT2D eigenvalue weighted by atomic mass is 127. The zero-order valence-electron chi connectivity index (χ0n) is 24.3. The molecule has 234 valence electrons. The molecule has 2 amide bonds. The summed E-state index contributed by atoms with van der Waals surface area (Å²) in [6, 6.07) is 8.42. The van der Waals surface area contributed by atoms with E-state index in [1.54, 1.807) is 35.2 Å². The molecule has 4 rings (SSSR count). The van der Waals surface area contributed by atoms with Crippen molar-refractivity contribution in [2.24, 2.45) is 5.92 Å². The third-order valence-electron chi connectivity index (χ3n) is 8.17. The third kappa shape index (κ3) is 8.68. The van der Waals surface area contributed by atoms with E-state index in [1.807, 2.05) is 0 Å². The Hall–Kier alpha value is -2.74. The van der Waals surface area contributed by atoms with Crippen molar-refractivity contribution in [3.05, 3.63) is 68.6 Å². The Morgan fingerprint density at radius 3 is 2.49 bits per heavy atom. The van der Waals surface area contributed by atoms with Gasteiger partial charge in [-0.05, 0) is 76.4 Å². The fraction of sp³-hybridized carbons (Fsp3) is 0.500. The van der Waals surface area contributed by atoms with Crippen molar-refractivity contribution in [2.75, 3.05) is 20.3 Å². The first kappa shape index (κ1) is 33.2. The number of amides is 2. The second kappa shape index (κ2) is 15.8.